The van der Waals surface area contributed by atoms with E-state index in [-0.39, 0.29) is 0 Å². The number of nitrogens with zero attached hydrogens (tertiary/aromatic N) is 2. The summed E-state index contributed by atoms with van der Waals surface area (Å²) in [5, 5.41) is 3.58. The first-order chi connectivity index (χ1) is 9.88. The Bertz CT molecular complexity index is 564. The summed E-state index contributed by atoms with van der Waals surface area (Å²) in [5.41, 5.74) is 2.88. The SMILES string of the molecule is COCCCn1ccnc1NC1CCc2ccccc21. The first-order valence-corrected chi connectivity index (χ1v) is 7.23. The molecule has 4 heteroatoms. The van der Waals surface area contributed by atoms with E-state index in [1.807, 2.05) is 12.4 Å². The minimum absolute atomic E-state index is 0.384. The van der Waals surface area contributed by atoms with Crippen molar-refractivity contribution < 1.29 is 4.74 Å². The van der Waals surface area contributed by atoms with Gasteiger partial charge in [0.1, 0.15) is 0 Å². The minimum atomic E-state index is 0.384. The second kappa shape index (κ2) is 6.09. The topological polar surface area (TPSA) is 39.1 Å². The van der Waals surface area contributed by atoms with Gasteiger partial charge in [-0.25, -0.2) is 4.98 Å². The highest BCUT2D eigenvalue weighted by molar-refractivity contribution is 5.40. The molecule has 0 spiro atoms. The summed E-state index contributed by atoms with van der Waals surface area (Å²) < 4.78 is 7.27. The lowest BCUT2D eigenvalue weighted by Crippen LogP contribution is -2.12. The monoisotopic (exact) mass is 271 g/mol. The molecule has 1 aromatic heterocycles. The summed E-state index contributed by atoms with van der Waals surface area (Å²) in [6, 6.07) is 9.06. The third kappa shape index (κ3) is 2.70. The lowest BCUT2D eigenvalue weighted by molar-refractivity contribution is 0.190. The number of benzene rings is 1. The summed E-state index contributed by atoms with van der Waals surface area (Å²) in [4.78, 5) is 4.44. The van der Waals surface area contributed by atoms with Crippen LogP contribution in [0.1, 0.15) is 30.0 Å². The van der Waals surface area contributed by atoms with E-state index in [9.17, 15) is 0 Å². The Labute approximate surface area is 119 Å². The largest absolute Gasteiger partial charge is 0.385 e. The molecule has 0 saturated heterocycles. The fourth-order valence-corrected chi connectivity index (χ4v) is 2.87. The van der Waals surface area contributed by atoms with Gasteiger partial charge in [0.15, 0.2) is 0 Å². The van der Waals surface area contributed by atoms with E-state index in [1.54, 1.807) is 7.11 Å². The Hall–Kier alpha value is -1.81. The molecule has 0 radical (unpaired) electrons. The van der Waals surface area contributed by atoms with Crippen LogP contribution in [0.3, 0.4) is 0 Å². The van der Waals surface area contributed by atoms with E-state index in [0.717, 1.165) is 38.4 Å². The molecule has 1 atom stereocenters. The first kappa shape index (κ1) is 13.2. The van der Waals surface area contributed by atoms with Gasteiger partial charge in [0.25, 0.3) is 0 Å². The number of hydrogen-bond acceptors (Lipinski definition) is 3. The molecular weight excluding hydrogens is 250 g/mol. The minimum Gasteiger partial charge on any atom is -0.385 e. The number of rotatable bonds is 6. The highest BCUT2D eigenvalue weighted by Gasteiger charge is 2.22. The van der Waals surface area contributed by atoms with E-state index in [1.165, 1.54) is 11.1 Å². The Kier molecular flexibility index (Phi) is 4.02. The van der Waals surface area contributed by atoms with Crippen LogP contribution in [0.25, 0.3) is 0 Å². The van der Waals surface area contributed by atoms with E-state index in [2.05, 4.69) is 39.1 Å². The lowest BCUT2D eigenvalue weighted by atomic mass is 10.1. The van der Waals surface area contributed by atoms with Crippen LogP contribution in [0.5, 0.6) is 0 Å². The van der Waals surface area contributed by atoms with Gasteiger partial charge in [0.2, 0.25) is 5.95 Å². The van der Waals surface area contributed by atoms with E-state index >= 15 is 0 Å². The molecule has 0 aliphatic heterocycles. The quantitative estimate of drug-likeness (QED) is 0.821. The highest BCUT2D eigenvalue weighted by atomic mass is 16.5. The molecule has 0 bridgehead atoms. The zero-order valence-corrected chi connectivity index (χ0v) is 11.9. The number of aryl methyl sites for hydroxylation is 2. The molecule has 1 unspecified atom stereocenters. The number of hydrogen-bond donors (Lipinski definition) is 1. The summed E-state index contributed by atoms with van der Waals surface area (Å²) >= 11 is 0. The number of anilines is 1. The maximum absolute atomic E-state index is 5.11. The number of ether oxygens (including phenoxy) is 1. The van der Waals surface area contributed by atoms with Crippen LogP contribution >= 0.6 is 0 Å². The average molecular weight is 271 g/mol. The van der Waals surface area contributed by atoms with Gasteiger partial charge in [-0.1, -0.05) is 24.3 Å². The van der Waals surface area contributed by atoms with Crippen molar-refractivity contribution in [3.8, 4) is 0 Å². The van der Waals surface area contributed by atoms with Crippen molar-refractivity contribution in [2.24, 2.45) is 0 Å². The highest BCUT2D eigenvalue weighted by Crippen LogP contribution is 2.33. The van der Waals surface area contributed by atoms with Gasteiger partial charge in [-0.05, 0) is 30.4 Å². The molecule has 1 aromatic carbocycles. The molecule has 1 aliphatic rings. The van der Waals surface area contributed by atoms with Crippen molar-refractivity contribution in [2.75, 3.05) is 19.0 Å². The van der Waals surface area contributed by atoms with Crippen LogP contribution in [0.4, 0.5) is 5.95 Å². The molecule has 1 N–H and O–H groups in total. The molecule has 0 amide bonds. The number of nitrogens with one attached hydrogen (secondary N) is 1. The summed E-state index contributed by atoms with van der Waals surface area (Å²) in [6.07, 6.45) is 7.18. The number of imidazole rings is 1. The van der Waals surface area contributed by atoms with Crippen LogP contribution in [-0.4, -0.2) is 23.3 Å². The molecule has 20 heavy (non-hydrogen) atoms. The number of aromatic nitrogens is 2. The van der Waals surface area contributed by atoms with Gasteiger partial charge in [0, 0.05) is 32.7 Å². The molecule has 2 aromatic rings. The summed E-state index contributed by atoms with van der Waals surface area (Å²) in [7, 11) is 1.74. The normalized spacial score (nSPS) is 17.1. The fraction of sp³-hybridized carbons (Fsp3) is 0.438. The standard InChI is InChI=1S/C16H21N3O/c1-20-12-4-10-19-11-9-17-16(19)18-15-8-7-13-5-2-3-6-14(13)15/h2-3,5-6,9,11,15H,4,7-8,10,12H2,1H3,(H,17,18). The zero-order chi connectivity index (χ0) is 13.8. The fourth-order valence-electron chi connectivity index (χ4n) is 2.87. The number of methoxy groups -OCH3 is 1. The molecular formula is C16H21N3O. The van der Waals surface area contributed by atoms with Crippen molar-refractivity contribution in [2.45, 2.75) is 31.8 Å². The van der Waals surface area contributed by atoms with Gasteiger partial charge < -0.3 is 14.6 Å². The van der Waals surface area contributed by atoms with Gasteiger partial charge in [-0.3, -0.25) is 0 Å². The van der Waals surface area contributed by atoms with E-state index in [0.29, 0.717) is 6.04 Å². The zero-order valence-electron chi connectivity index (χ0n) is 11.9. The Balaban J connectivity index is 1.69. The summed E-state index contributed by atoms with van der Waals surface area (Å²) in [6.45, 7) is 1.72. The van der Waals surface area contributed by atoms with Crippen molar-refractivity contribution in [1.82, 2.24) is 9.55 Å². The van der Waals surface area contributed by atoms with Gasteiger partial charge in [-0.2, -0.15) is 0 Å². The molecule has 106 valence electrons. The predicted molar refractivity (Wildman–Crippen MR) is 79.8 cm³/mol. The number of fused-ring (bicyclic) bond motifs is 1. The van der Waals surface area contributed by atoms with Gasteiger partial charge in [0.05, 0.1) is 6.04 Å². The summed E-state index contributed by atoms with van der Waals surface area (Å²) in [5.74, 6) is 0.961. The average Bonchev–Trinajstić information content (AvgIpc) is 3.08. The van der Waals surface area contributed by atoms with Crippen molar-refractivity contribution in [3.63, 3.8) is 0 Å². The third-order valence-corrected chi connectivity index (χ3v) is 3.90. The molecule has 4 nitrogen and oxygen atoms in total. The first-order valence-electron chi connectivity index (χ1n) is 7.23. The van der Waals surface area contributed by atoms with Crippen LogP contribution < -0.4 is 5.32 Å². The van der Waals surface area contributed by atoms with E-state index < -0.39 is 0 Å². The lowest BCUT2D eigenvalue weighted by Gasteiger charge is -2.16. The van der Waals surface area contributed by atoms with Crippen LogP contribution in [-0.2, 0) is 17.7 Å². The van der Waals surface area contributed by atoms with Crippen LogP contribution in [0, 0.1) is 0 Å². The van der Waals surface area contributed by atoms with Crippen molar-refractivity contribution in [3.05, 3.63) is 47.8 Å². The second-order valence-electron chi connectivity index (χ2n) is 5.23. The Morgan fingerprint density at radius 1 is 1.40 bits per heavy atom. The maximum Gasteiger partial charge on any atom is 0.203 e. The molecule has 0 saturated carbocycles. The third-order valence-electron chi connectivity index (χ3n) is 3.90. The van der Waals surface area contributed by atoms with Crippen molar-refractivity contribution >= 4 is 5.95 Å². The van der Waals surface area contributed by atoms with Gasteiger partial charge in [-0.15, -0.1) is 0 Å². The van der Waals surface area contributed by atoms with Crippen LogP contribution in [0.2, 0.25) is 0 Å². The molecule has 1 aliphatic carbocycles. The predicted octanol–water partition coefficient (Wildman–Crippen LogP) is 3.02. The van der Waals surface area contributed by atoms with Crippen LogP contribution in [0.15, 0.2) is 36.7 Å². The van der Waals surface area contributed by atoms with Gasteiger partial charge >= 0.3 is 0 Å². The molecule has 0 fully saturated rings. The van der Waals surface area contributed by atoms with Crippen molar-refractivity contribution in [1.29, 1.82) is 0 Å². The molecule has 1 heterocycles. The van der Waals surface area contributed by atoms with E-state index in [4.69, 9.17) is 4.74 Å². The second-order valence-corrected chi connectivity index (χ2v) is 5.23. The maximum atomic E-state index is 5.11. The Morgan fingerprint density at radius 3 is 3.20 bits per heavy atom. The smallest absolute Gasteiger partial charge is 0.203 e. The molecule has 3 rings (SSSR count). The Morgan fingerprint density at radius 2 is 2.30 bits per heavy atom.